The van der Waals surface area contributed by atoms with Gasteiger partial charge in [-0.25, -0.2) is 0 Å². The van der Waals surface area contributed by atoms with E-state index in [1.165, 1.54) is 31.5 Å². The minimum atomic E-state index is 0.746. The average Bonchev–Trinajstić information content (AvgIpc) is 2.31. The number of pyridine rings is 1. The third-order valence-electron chi connectivity index (χ3n) is 3.17. The van der Waals surface area contributed by atoms with Crippen LogP contribution in [-0.4, -0.2) is 29.5 Å². The second kappa shape index (κ2) is 5.24. The van der Waals surface area contributed by atoms with Crippen molar-refractivity contribution in [3.63, 3.8) is 0 Å². The molecule has 0 radical (unpaired) electrons. The van der Waals surface area contributed by atoms with E-state index in [4.69, 9.17) is 5.73 Å². The first-order valence-corrected chi connectivity index (χ1v) is 5.70. The van der Waals surface area contributed by atoms with Gasteiger partial charge in [-0.1, -0.05) is 6.07 Å². The molecule has 0 spiro atoms. The predicted octanol–water partition coefficient (Wildman–Crippen LogP) is 1.25. The molecule has 0 aromatic carbocycles. The summed E-state index contributed by atoms with van der Waals surface area (Å²) in [6, 6.07) is 4.14. The Morgan fingerprint density at radius 3 is 2.80 bits per heavy atom. The van der Waals surface area contributed by atoms with Crippen LogP contribution in [0.1, 0.15) is 18.4 Å². The fourth-order valence-corrected chi connectivity index (χ4v) is 2.13. The van der Waals surface area contributed by atoms with Gasteiger partial charge in [0.05, 0.1) is 0 Å². The van der Waals surface area contributed by atoms with Crippen molar-refractivity contribution < 1.29 is 0 Å². The average molecular weight is 205 g/mol. The van der Waals surface area contributed by atoms with Gasteiger partial charge in [0.1, 0.15) is 0 Å². The molecule has 2 rings (SSSR count). The Balaban J connectivity index is 1.82. The van der Waals surface area contributed by atoms with Gasteiger partial charge in [0.15, 0.2) is 0 Å². The second-order valence-corrected chi connectivity index (χ2v) is 4.32. The molecule has 0 amide bonds. The second-order valence-electron chi connectivity index (χ2n) is 4.32. The van der Waals surface area contributed by atoms with Crippen molar-refractivity contribution in [1.82, 2.24) is 9.88 Å². The van der Waals surface area contributed by atoms with Gasteiger partial charge in [-0.2, -0.15) is 0 Å². The normalized spacial score (nSPS) is 19.3. The summed E-state index contributed by atoms with van der Waals surface area (Å²) in [7, 11) is 0. The lowest BCUT2D eigenvalue weighted by atomic mass is 9.97. The molecule has 1 aromatic heterocycles. The highest BCUT2D eigenvalue weighted by molar-refractivity contribution is 5.08. The maximum Gasteiger partial charge on any atom is 0.0312 e. The van der Waals surface area contributed by atoms with Crippen LogP contribution in [0.3, 0.4) is 0 Å². The quantitative estimate of drug-likeness (QED) is 0.807. The van der Waals surface area contributed by atoms with Crippen molar-refractivity contribution in [3.05, 3.63) is 30.1 Å². The Bertz CT molecular complexity index is 278. The highest BCUT2D eigenvalue weighted by atomic mass is 15.1. The van der Waals surface area contributed by atoms with Crippen LogP contribution < -0.4 is 5.73 Å². The highest BCUT2D eigenvalue weighted by Gasteiger charge is 2.17. The summed E-state index contributed by atoms with van der Waals surface area (Å²) in [6.45, 7) is 4.24. The Morgan fingerprint density at radius 2 is 2.20 bits per heavy atom. The summed E-state index contributed by atoms with van der Waals surface area (Å²) in [5.74, 6) is 0.746. The number of hydrogen-bond acceptors (Lipinski definition) is 3. The van der Waals surface area contributed by atoms with Gasteiger partial charge in [0, 0.05) is 18.9 Å². The highest BCUT2D eigenvalue weighted by Crippen LogP contribution is 2.17. The van der Waals surface area contributed by atoms with Crippen LogP contribution in [-0.2, 0) is 6.54 Å². The Kier molecular flexibility index (Phi) is 3.69. The molecule has 1 aliphatic rings. The molecule has 2 N–H and O–H groups in total. The van der Waals surface area contributed by atoms with E-state index in [9.17, 15) is 0 Å². The van der Waals surface area contributed by atoms with Crippen LogP contribution in [0.25, 0.3) is 0 Å². The van der Waals surface area contributed by atoms with Crippen molar-refractivity contribution in [1.29, 1.82) is 0 Å². The van der Waals surface area contributed by atoms with Gasteiger partial charge in [-0.15, -0.1) is 0 Å². The fourth-order valence-electron chi connectivity index (χ4n) is 2.13. The Hall–Kier alpha value is -0.930. The zero-order valence-corrected chi connectivity index (χ0v) is 9.10. The molecule has 1 aliphatic heterocycles. The number of nitrogens with zero attached hydrogens (tertiary/aromatic N) is 2. The molecule has 0 saturated carbocycles. The van der Waals surface area contributed by atoms with Crippen molar-refractivity contribution in [2.45, 2.75) is 19.4 Å². The van der Waals surface area contributed by atoms with Crippen molar-refractivity contribution in [2.75, 3.05) is 19.6 Å². The van der Waals surface area contributed by atoms with E-state index in [1.807, 2.05) is 18.5 Å². The van der Waals surface area contributed by atoms with Crippen LogP contribution in [0.5, 0.6) is 0 Å². The van der Waals surface area contributed by atoms with Crippen molar-refractivity contribution in [3.8, 4) is 0 Å². The summed E-state index contributed by atoms with van der Waals surface area (Å²) in [6.07, 6.45) is 6.27. The van der Waals surface area contributed by atoms with E-state index in [1.54, 1.807) is 0 Å². The third kappa shape index (κ3) is 3.01. The largest absolute Gasteiger partial charge is 0.330 e. The smallest absolute Gasteiger partial charge is 0.0312 e. The molecule has 1 saturated heterocycles. The molecule has 0 atom stereocenters. The lowest BCUT2D eigenvalue weighted by Crippen LogP contribution is -2.35. The van der Waals surface area contributed by atoms with Crippen LogP contribution in [0.4, 0.5) is 0 Å². The fraction of sp³-hybridized carbons (Fsp3) is 0.583. The minimum absolute atomic E-state index is 0.746. The Morgan fingerprint density at radius 1 is 1.40 bits per heavy atom. The van der Waals surface area contributed by atoms with E-state index in [0.717, 1.165) is 19.0 Å². The molecule has 82 valence electrons. The predicted molar refractivity (Wildman–Crippen MR) is 61.3 cm³/mol. The molecule has 0 unspecified atom stereocenters. The number of likely N-dealkylation sites (tertiary alicyclic amines) is 1. The lowest BCUT2D eigenvalue weighted by Gasteiger charge is -2.31. The van der Waals surface area contributed by atoms with Crippen LogP contribution in [0.15, 0.2) is 24.5 Å². The molecule has 3 heteroatoms. The molecular formula is C12H19N3. The van der Waals surface area contributed by atoms with Gasteiger partial charge >= 0.3 is 0 Å². The topological polar surface area (TPSA) is 42.1 Å². The molecule has 15 heavy (non-hydrogen) atoms. The van der Waals surface area contributed by atoms with Crippen molar-refractivity contribution >= 4 is 0 Å². The molecule has 1 fully saturated rings. The zero-order chi connectivity index (χ0) is 10.5. The van der Waals surface area contributed by atoms with E-state index in [0.29, 0.717) is 0 Å². The number of nitrogens with two attached hydrogens (primary N) is 1. The monoisotopic (exact) mass is 205 g/mol. The van der Waals surface area contributed by atoms with Crippen LogP contribution in [0.2, 0.25) is 0 Å². The van der Waals surface area contributed by atoms with Gasteiger partial charge in [-0.05, 0) is 50.0 Å². The van der Waals surface area contributed by atoms with E-state index < -0.39 is 0 Å². The van der Waals surface area contributed by atoms with E-state index in [-0.39, 0.29) is 0 Å². The number of hydrogen-bond donors (Lipinski definition) is 1. The van der Waals surface area contributed by atoms with E-state index >= 15 is 0 Å². The molecule has 2 heterocycles. The maximum absolute atomic E-state index is 5.67. The third-order valence-corrected chi connectivity index (χ3v) is 3.17. The first-order valence-electron chi connectivity index (χ1n) is 5.70. The van der Waals surface area contributed by atoms with Crippen LogP contribution in [0, 0.1) is 5.92 Å². The number of aromatic nitrogens is 1. The van der Waals surface area contributed by atoms with E-state index in [2.05, 4.69) is 16.0 Å². The van der Waals surface area contributed by atoms with Gasteiger partial charge < -0.3 is 5.73 Å². The first kappa shape index (κ1) is 10.6. The molecular weight excluding hydrogens is 186 g/mol. The van der Waals surface area contributed by atoms with Gasteiger partial charge in [-0.3, -0.25) is 9.88 Å². The summed E-state index contributed by atoms with van der Waals surface area (Å²) < 4.78 is 0. The SMILES string of the molecule is NCC1CCN(Cc2cccnc2)CC1. The first-order chi connectivity index (χ1) is 7.38. The lowest BCUT2D eigenvalue weighted by molar-refractivity contribution is 0.180. The summed E-state index contributed by atoms with van der Waals surface area (Å²) in [4.78, 5) is 6.62. The summed E-state index contributed by atoms with van der Waals surface area (Å²) in [5, 5.41) is 0. The molecule has 3 nitrogen and oxygen atoms in total. The molecule has 0 aliphatic carbocycles. The maximum atomic E-state index is 5.67. The number of rotatable bonds is 3. The number of piperidine rings is 1. The summed E-state index contributed by atoms with van der Waals surface area (Å²) >= 11 is 0. The summed E-state index contributed by atoms with van der Waals surface area (Å²) in [5.41, 5.74) is 6.98. The molecule has 1 aromatic rings. The standard InChI is InChI=1S/C12H19N3/c13-8-11-3-6-15(7-4-11)10-12-2-1-5-14-9-12/h1-2,5,9,11H,3-4,6-8,10,13H2. The molecule has 0 bridgehead atoms. The van der Waals surface area contributed by atoms with Crippen LogP contribution >= 0.6 is 0 Å². The van der Waals surface area contributed by atoms with Gasteiger partial charge in [0.2, 0.25) is 0 Å². The minimum Gasteiger partial charge on any atom is -0.330 e. The van der Waals surface area contributed by atoms with Gasteiger partial charge in [0.25, 0.3) is 0 Å². The zero-order valence-electron chi connectivity index (χ0n) is 9.10. The van der Waals surface area contributed by atoms with Crippen molar-refractivity contribution in [2.24, 2.45) is 11.7 Å². The Labute approximate surface area is 91.3 Å².